The van der Waals surface area contributed by atoms with Crippen LogP contribution in [0.1, 0.15) is 17.5 Å². The Balaban J connectivity index is 0.00000272. The fourth-order valence-electron chi connectivity index (χ4n) is 3.42. The number of carbonyl (C=O) groups excluding carboxylic acids is 1. The lowest BCUT2D eigenvalue weighted by Gasteiger charge is -2.26. The Hall–Kier alpha value is -2.03. The van der Waals surface area contributed by atoms with Gasteiger partial charge in [0.2, 0.25) is 0 Å². The molecular formula is C24H35Cl2N3O4. The van der Waals surface area contributed by atoms with Gasteiger partial charge in [0.15, 0.2) is 18.1 Å². The first kappa shape index (κ1) is 29.0. The van der Waals surface area contributed by atoms with Crippen LogP contribution in [0.15, 0.2) is 48.5 Å². The molecular weight excluding hydrogens is 465 g/mol. The number of amides is 1. The van der Waals surface area contributed by atoms with Gasteiger partial charge < -0.3 is 24.8 Å². The maximum atomic E-state index is 12.1. The van der Waals surface area contributed by atoms with Crippen LogP contribution >= 0.6 is 24.8 Å². The van der Waals surface area contributed by atoms with Gasteiger partial charge in [0, 0.05) is 26.2 Å². The van der Waals surface area contributed by atoms with Crippen LogP contribution in [0.3, 0.4) is 0 Å². The third kappa shape index (κ3) is 10.6. The molecule has 0 unspecified atom stereocenters. The van der Waals surface area contributed by atoms with Crippen LogP contribution in [0, 0.1) is 0 Å². The lowest BCUT2D eigenvalue weighted by Crippen LogP contribution is -2.37. The van der Waals surface area contributed by atoms with Crippen molar-refractivity contribution < 1.29 is 19.0 Å². The van der Waals surface area contributed by atoms with E-state index in [2.05, 4.69) is 15.5 Å². The van der Waals surface area contributed by atoms with Gasteiger partial charge in [0.05, 0.1) is 20.3 Å². The zero-order valence-electron chi connectivity index (χ0n) is 19.1. The molecule has 0 saturated carbocycles. The van der Waals surface area contributed by atoms with Crippen molar-refractivity contribution in [3.05, 3.63) is 59.7 Å². The first-order valence-electron chi connectivity index (χ1n) is 10.9. The number of morpholine rings is 1. The smallest absolute Gasteiger partial charge is 0.258 e. The van der Waals surface area contributed by atoms with Crippen molar-refractivity contribution in [2.45, 2.75) is 19.5 Å². The van der Waals surface area contributed by atoms with Gasteiger partial charge in [0.25, 0.3) is 5.91 Å². The van der Waals surface area contributed by atoms with Gasteiger partial charge in [-0.1, -0.05) is 36.4 Å². The van der Waals surface area contributed by atoms with Crippen molar-refractivity contribution in [3.63, 3.8) is 0 Å². The topological polar surface area (TPSA) is 72.1 Å². The van der Waals surface area contributed by atoms with E-state index >= 15 is 0 Å². The molecule has 0 aliphatic carbocycles. The van der Waals surface area contributed by atoms with Crippen LogP contribution in [-0.4, -0.2) is 63.9 Å². The molecule has 1 amide bonds. The van der Waals surface area contributed by atoms with Gasteiger partial charge in [0.1, 0.15) is 0 Å². The Kier molecular flexibility index (Phi) is 14.6. The van der Waals surface area contributed by atoms with E-state index in [1.165, 1.54) is 0 Å². The summed E-state index contributed by atoms with van der Waals surface area (Å²) in [5.74, 6) is 1.02. The Labute approximate surface area is 209 Å². The van der Waals surface area contributed by atoms with E-state index in [9.17, 15) is 4.79 Å². The zero-order chi connectivity index (χ0) is 21.7. The molecule has 1 heterocycles. The molecule has 9 heteroatoms. The highest BCUT2D eigenvalue weighted by Gasteiger charge is 2.10. The first-order valence-corrected chi connectivity index (χ1v) is 10.9. The van der Waals surface area contributed by atoms with Crippen LogP contribution in [0.25, 0.3) is 0 Å². The van der Waals surface area contributed by atoms with E-state index < -0.39 is 0 Å². The Morgan fingerprint density at radius 3 is 2.48 bits per heavy atom. The predicted octanol–water partition coefficient (Wildman–Crippen LogP) is 3.05. The number of methoxy groups -OCH3 is 1. The number of carbonyl (C=O) groups is 1. The van der Waals surface area contributed by atoms with Gasteiger partial charge in [-0.05, 0) is 42.8 Å². The number of nitrogens with one attached hydrogen (secondary N) is 2. The van der Waals surface area contributed by atoms with Gasteiger partial charge in [-0.3, -0.25) is 9.69 Å². The highest BCUT2D eigenvalue weighted by Crippen LogP contribution is 2.28. The molecule has 0 radical (unpaired) electrons. The minimum absolute atomic E-state index is 0. The van der Waals surface area contributed by atoms with Crippen LogP contribution in [0.2, 0.25) is 0 Å². The van der Waals surface area contributed by atoms with Crippen molar-refractivity contribution in [2.75, 3.05) is 53.1 Å². The summed E-state index contributed by atoms with van der Waals surface area (Å²) in [5.41, 5.74) is 2.17. The van der Waals surface area contributed by atoms with Crippen molar-refractivity contribution in [1.29, 1.82) is 0 Å². The van der Waals surface area contributed by atoms with Crippen molar-refractivity contribution >= 4 is 30.7 Å². The highest BCUT2D eigenvalue weighted by molar-refractivity contribution is 5.85. The first-order chi connectivity index (χ1) is 15.2. The number of rotatable bonds is 12. The van der Waals surface area contributed by atoms with Crippen LogP contribution in [0.5, 0.6) is 11.5 Å². The standard InChI is InChI=1S/C24H33N3O4.2ClH/c1-29-23-16-21(17-25-10-5-11-27-12-14-30-15-13-27)8-9-22(23)31-19-24(28)26-18-20-6-3-2-4-7-20;;/h2-4,6-9,16,25H,5,10-15,17-19H2,1H3,(H,26,28);2*1H. The maximum Gasteiger partial charge on any atom is 0.258 e. The largest absolute Gasteiger partial charge is 0.493 e. The molecule has 2 N–H and O–H groups in total. The second-order valence-corrected chi connectivity index (χ2v) is 7.52. The summed E-state index contributed by atoms with van der Waals surface area (Å²) in [7, 11) is 1.61. The normalized spacial score (nSPS) is 13.4. The third-order valence-electron chi connectivity index (χ3n) is 5.18. The van der Waals surface area contributed by atoms with E-state index in [1.54, 1.807) is 7.11 Å². The maximum absolute atomic E-state index is 12.1. The van der Waals surface area contributed by atoms with Gasteiger partial charge in [-0.25, -0.2) is 0 Å². The lowest BCUT2D eigenvalue weighted by atomic mass is 10.2. The number of ether oxygens (including phenoxy) is 3. The minimum Gasteiger partial charge on any atom is -0.493 e. The molecule has 0 aromatic heterocycles. The average molecular weight is 500 g/mol. The summed E-state index contributed by atoms with van der Waals surface area (Å²) in [5, 5.41) is 6.33. The van der Waals surface area contributed by atoms with E-state index in [-0.39, 0.29) is 37.3 Å². The molecule has 0 spiro atoms. The highest BCUT2D eigenvalue weighted by atomic mass is 35.5. The fraction of sp³-hybridized carbons (Fsp3) is 0.458. The number of hydrogen-bond donors (Lipinski definition) is 2. The second kappa shape index (κ2) is 16.6. The molecule has 2 aromatic rings. The summed E-state index contributed by atoms with van der Waals surface area (Å²) in [6.45, 7) is 6.99. The van der Waals surface area contributed by atoms with E-state index in [4.69, 9.17) is 14.2 Å². The molecule has 1 aliphatic heterocycles. The SMILES string of the molecule is COc1cc(CNCCCN2CCOCC2)ccc1OCC(=O)NCc1ccccc1.Cl.Cl. The lowest BCUT2D eigenvalue weighted by molar-refractivity contribution is -0.123. The van der Waals surface area contributed by atoms with Crippen molar-refractivity contribution in [2.24, 2.45) is 0 Å². The molecule has 1 aliphatic rings. The fourth-order valence-corrected chi connectivity index (χ4v) is 3.42. The van der Waals surface area contributed by atoms with Crippen LogP contribution in [-0.2, 0) is 22.6 Å². The number of hydrogen-bond acceptors (Lipinski definition) is 6. The number of nitrogens with zero attached hydrogens (tertiary/aromatic N) is 1. The molecule has 3 rings (SSSR count). The third-order valence-corrected chi connectivity index (χ3v) is 5.18. The van der Waals surface area contributed by atoms with Gasteiger partial charge in [-0.15, -0.1) is 24.8 Å². The quantitative estimate of drug-likeness (QED) is 0.437. The Morgan fingerprint density at radius 1 is 1.00 bits per heavy atom. The molecule has 0 atom stereocenters. The van der Waals surface area contributed by atoms with Crippen molar-refractivity contribution in [1.82, 2.24) is 15.5 Å². The minimum atomic E-state index is -0.170. The van der Waals surface area contributed by atoms with E-state index in [0.717, 1.165) is 63.5 Å². The number of halogens is 2. The summed E-state index contributed by atoms with van der Waals surface area (Å²) in [6.07, 6.45) is 1.11. The van der Waals surface area contributed by atoms with Crippen LogP contribution in [0.4, 0.5) is 0 Å². The summed E-state index contributed by atoms with van der Waals surface area (Å²) < 4.78 is 16.5. The summed E-state index contributed by atoms with van der Waals surface area (Å²) in [6, 6.07) is 15.6. The second-order valence-electron chi connectivity index (χ2n) is 7.52. The average Bonchev–Trinajstić information content (AvgIpc) is 2.82. The Bertz CT molecular complexity index is 806. The molecule has 2 aromatic carbocycles. The monoisotopic (exact) mass is 499 g/mol. The molecule has 1 saturated heterocycles. The summed E-state index contributed by atoms with van der Waals surface area (Å²) in [4.78, 5) is 14.5. The molecule has 184 valence electrons. The Morgan fingerprint density at radius 2 is 1.76 bits per heavy atom. The molecule has 33 heavy (non-hydrogen) atoms. The van der Waals surface area contributed by atoms with Crippen LogP contribution < -0.4 is 20.1 Å². The molecule has 7 nitrogen and oxygen atoms in total. The summed E-state index contributed by atoms with van der Waals surface area (Å²) >= 11 is 0. The van der Waals surface area contributed by atoms with Gasteiger partial charge >= 0.3 is 0 Å². The van der Waals surface area contributed by atoms with Crippen molar-refractivity contribution in [3.8, 4) is 11.5 Å². The predicted molar refractivity (Wildman–Crippen MR) is 135 cm³/mol. The van der Waals surface area contributed by atoms with Gasteiger partial charge in [-0.2, -0.15) is 0 Å². The van der Waals surface area contributed by atoms with E-state index in [0.29, 0.717) is 18.0 Å². The molecule has 0 bridgehead atoms. The molecule has 1 fully saturated rings. The number of benzene rings is 2. The van der Waals surface area contributed by atoms with E-state index in [1.807, 2.05) is 48.5 Å². The zero-order valence-corrected chi connectivity index (χ0v) is 20.7.